The van der Waals surface area contributed by atoms with E-state index >= 15 is 0 Å². The van der Waals surface area contributed by atoms with E-state index in [1.807, 2.05) is 0 Å². The summed E-state index contributed by atoms with van der Waals surface area (Å²) in [7, 11) is 0. The number of aliphatic carboxylic acids is 1. The summed E-state index contributed by atoms with van der Waals surface area (Å²) in [5.74, 6) is -1.15. The van der Waals surface area contributed by atoms with Gasteiger partial charge in [0.2, 0.25) is 0 Å². The van der Waals surface area contributed by atoms with Crippen LogP contribution in [0.25, 0.3) is 5.57 Å². The Kier molecular flexibility index (Phi) is 3.74. The fourth-order valence-electron chi connectivity index (χ4n) is 1.20. The molecule has 0 aliphatic carbocycles. The number of hydrogen-bond acceptors (Lipinski definition) is 3. The van der Waals surface area contributed by atoms with Crippen LogP contribution in [0.5, 0.6) is 0 Å². The lowest BCUT2D eigenvalue weighted by Gasteiger charge is -2.08. The predicted octanol–water partition coefficient (Wildman–Crippen LogP) is 1.44. The number of benzene rings is 1. The smallest absolute Gasteiger partial charge is 0.341 e. The van der Waals surface area contributed by atoms with E-state index in [0.717, 1.165) is 0 Å². The summed E-state index contributed by atoms with van der Waals surface area (Å²) in [5.41, 5.74) is 6.07. The van der Waals surface area contributed by atoms with Crippen LogP contribution >= 0.6 is 0 Å². The van der Waals surface area contributed by atoms with Crippen molar-refractivity contribution < 1.29 is 14.6 Å². The first-order valence-corrected chi connectivity index (χ1v) is 4.58. The third kappa shape index (κ3) is 2.74. The Bertz CT molecular complexity index is 371. The van der Waals surface area contributed by atoms with Gasteiger partial charge in [0.05, 0.1) is 6.61 Å². The predicted molar refractivity (Wildman–Crippen MR) is 56.8 cm³/mol. The van der Waals surface area contributed by atoms with E-state index in [4.69, 9.17) is 15.6 Å². The number of rotatable bonds is 4. The van der Waals surface area contributed by atoms with Crippen molar-refractivity contribution in [2.24, 2.45) is 5.73 Å². The van der Waals surface area contributed by atoms with Crippen LogP contribution in [0.3, 0.4) is 0 Å². The summed E-state index contributed by atoms with van der Waals surface area (Å²) in [6, 6.07) is 8.65. The number of carboxylic acid groups (broad SMARTS) is 1. The maximum Gasteiger partial charge on any atom is 0.341 e. The van der Waals surface area contributed by atoms with Crippen LogP contribution in [0.15, 0.2) is 36.2 Å². The van der Waals surface area contributed by atoms with Crippen LogP contribution in [-0.2, 0) is 9.53 Å². The minimum atomic E-state index is -1.09. The highest BCUT2D eigenvalue weighted by Crippen LogP contribution is 2.16. The average Bonchev–Trinajstić information content (AvgIpc) is 2.19. The third-order valence-corrected chi connectivity index (χ3v) is 1.82. The maximum atomic E-state index is 11.0. The van der Waals surface area contributed by atoms with Gasteiger partial charge in [-0.2, -0.15) is 0 Å². The molecule has 0 fully saturated rings. The summed E-state index contributed by atoms with van der Waals surface area (Å²) < 4.78 is 5.00. The van der Waals surface area contributed by atoms with E-state index < -0.39 is 5.97 Å². The fraction of sp³-hybridized carbons (Fsp3) is 0.182. The lowest BCUT2D eigenvalue weighted by Crippen LogP contribution is -2.12. The summed E-state index contributed by atoms with van der Waals surface area (Å²) >= 11 is 0. The van der Waals surface area contributed by atoms with Gasteiger partial charge in [-0.1, -0.05) is 30.3 Å². The second kappa shape index (κ2) is 5.05. The fourth-order valence-corrected chi connectivity index (χ4v) is 1.20. The Balaban J connectivity index is 3.15. The molecule has 0 aromatic heterocycles. The van der Waals surface area contributed by atoms with Gasteiger partial charge in [-0.3, -0.25) is 0 Å². The van der Waals surface area contributed by atoms with E-state index in [9.17, 15) is 4.79 Å². The van der Waals surface area contributed by atoms with Crippen LogP contribution in [-0.4, -0.2) is 17.7 Å². The molecule has 0 aliphatic rings. The molecule has 3 N–H and O–H groups in total. The minimum Gasteiger partial charge on any atom is -0.479 e. The number of hydrogen-bond donors (Lipinski definition) is 2. The topological polar surface area (TPSA) is 72.5 Å². The number of nitrogens with two attached hydrogens (primary N) is 1. The van der Waals surface area contributed by atoms with Gasteiger partial charge in [-0.25, -0.2) is 4.79 Å². The van der Waals surface area contributed by atoms with E-state index in [0.29, 0.717) is 12.2 Å². The Labute approximate surface area is 88.0 Å². The minimum absolute atomic E-state index is 0.00236. The van der Waals surface area contributed by atoms with Crippen molar-refractivity contribution in [3.05, 3.63) is 41.8 Å². The molecular formula is C11H13NO3. The molecule has 0 unspecified atom stereocenters. The normalized spacial score (nSPS) is 11.8. The molecule has 0 amide bonds. The van der Waals surface area contributed by atoms with E-state index in [1.54, 1.807) is 37.3 Å². The first-order chi connectivity index (χ1) is 7.16. The highest BCUT2D eigenvalue weighted by molar-refractivity contribution is 6.15. The summed E-state index contributed by atoms with van der Waals surface area (Å²) in [5, 5.41) is 9.01. The second-order valence-corrected chi connectivity index (χ2v) is 2.84. The first-order valence-electron chi connectivity index (χ1n) is 4.58. The lowest BCUT2D eigenvalue weighted by atomic mass is 10.1. The molecule has 0 saturated heterocycles. The van der Waals surface area contributed by atoms with Gasteiger partial charge in [0.25, 0.3) is 0 Å². The molecule has 0 radical (unpaired) electrons. The van der Waals surface area contributed by atoms with Crippen LogP contribution in [0.4, 0.5) is 0 Å². The van der Waals surface area contributed by atoms with E-state index in [2.05, 4.69) is 0 Å². The average molecular weight is 207 g/mol. The van der Waals surface area contributed by atoms with Crippen LogP contribution in [0, 0.1) is 0 Å². The van der Waals surface area contributed by atoms with Crippen molar-refractivity contribution in [2.75, 3.05) is 6.61 Å². The lowest BCUT2D eigenvalue weighted by molar-refractivity contribution is -0.130. The largest absolute Gasteiger partial charge is 0.479 e. The zero-order chi connectivity index (χ0) is 11.3. The Morgan fingerprint density at radius 1 is 1.40 bits per heavy atom. The molecule has 0 bridgehead atoms. The van der Waals surface area contributed by atoms with Gasteiger partial charge in [-0.15, -0.1) is 0 Å². The molecule has 1 aromatic rings. The van der Waals surface area contributed by atoms with Gasteiger partial charge in [0.15, 0.2) is 5.88 Å². The first kappa shape index (κ1) is 11.1. The number of carboxylic acids is 1. The van der Waals surface area contributed by atoms with Gasteiger partial charge in [0, 0.05) is 0 Å². The summed E-state index contributed by atoms with van der Waals surface area (Å²) in [6.45, 7) is 2.09. The van der Waals surface area contributed by atoms with Gasteiger partial charge < -0.3 is 15.6 Å². The molecule has 1 aromatic carbocycles. The summed E-state index contributed by atoms with van der Waals surface area (Å²) in [4.78, 5) is 11.0. The SMILES string of the molecule is CCO/C(N)=C(\C(=O)O)c1ccccc1. The Morgan fingerprint density at radius 3 is 2.47 bits per heavy atom. The Morgan fingerprint density at radius 2 is 2.00 bits per heavy atom. The maximum absolute atomic E-state index is 11.0. The third-order valence-electron chi connectivity index (χ3n) is 1.82. The molecule has 4 heteroatoms. The van der Waals surface area contributed by atoms with Crippen molar-refractivity contribution in [3.8, 4) is 0 Å². The Hall–Kier alpha value is -1.97. The highest BCUT2D eigenvalue weighted by atomic mass is 16.5. The monoisotopic (exact) mass is 207 g/mol. The highest BCUT2D eigenvalue weighted by Gasteiger charge is 2.15. The molecule has 4 nitrogen and oxygen atoms in total. The zero-order valence-corrected chi connectivity index (χ0v) is 8.43. The van der Waals surface area contributed by atoms with Gasteiger partial charge in [-0.05, 0) is 12.5 Å². The number of carbonyl (C=O) groups is 1. The number of ether oxygens (including phenoxy) is 1. The molecular weight excluding hydrogens is 194 g/mol. The molecule has 15 heavy (non-hydrogen) atoms. The van der Waals surface area contributed by atoms with Crippen molar-refractivity contribution in [3.63, 3.8) is 0 Å². The molecule has 80 valence electrons. The second-order valence-electron chi connectivity index (χ2n) is 2.84. The summed E-state index contributed by atoms with van der Waals surface area (Å²) in [6.07, 6.45) is 0. The molecule has 0 saturated carbocycles. The molecule has 0 aliphatic heterocycles. The van der Waals surface area contributed by atoms with Crippen LogP contribution in [0.2, 0.25) is 0 Å². The molecule has 0 spiro atoms. The van der Waals surface area contributed by atoms with Crippen LogP contribution in [0.1, 0.15) is 12.5 Å². The van der Waals surface area contributed by atoms with Crippen molar-refractivity contribution in [2.45, 2.75) is 6.92 Å². The molecule has 0 heterocycles. The van der Waals surface area contributed by atoms with E-state index in [1.165, 1.54) is 0 Å². The van der Waals surface area contributed by atoms with E-state index in [-0.39, 0.29) is 11.5 Å². The molecule has 1 rings (SSSR count). The molecule has 0 atom stereocenters. The zero-order valence-electron chi connectivity index (χ0n) is 8.43. The quantitative estimate of drug-likeness (QED) is 0.578. The van der Waals surface area contributed by atoms with Crippen molar-refractivity contribution in [1.82, 2.24) is 0 Å². The van der Waals surface area contributed by atoms with Crippen LogP contribution < -0.4 is 5.73 Å². The van der Waals surface area contributed by atoms with Crippen molar-refractivity contribution in [1.29, 1.82) is 0 Å². The van der Waals surface area contributed by atoms with Gasteiger partial charge in [0.1, 0.15) is 5.57 Å². The standard InChI is InChI=1S/C11H13NO3/c1-2-15-10(12)9(11(13)14)8-6-4-3-5-7-8/h3-7H,2,12H2,1H3,(H,13,14)/b10-9-. The van der Waals surface area contributed by atoms with Gasteiger partial charge >= 0.3 is 5.97 Å². The van der Waals surface area contributed by atoms with Crippen molar-refractivity contribution >= 4 is 11.5 Å².